The fraction of sp³-hybridized carbons (Fsp3) is 0.318. The molecule has 5 rings (SSSR count). The lowest BCUT2D eigenvalue weighted by molar-refractivity contribution is -0.150. The van der Waals surface area contributed by atoms with Gasteiger partial charge in [-0.05, 0) is 17.7 Å². The van der Waals surface area contributed by atoms with Crippen LogP contribution in [0.4, 0.5) is 5.13 Å². The van der Waals surface area contributed by atoms with Crippen molar-refractivity contribution in [3.8, 4) is 0 Å². The maximum absolute atomic E-state index is 13.2. The predicted octanol–water partition coefficient (Wildman–Crippen LogP) is 0.260. The van der Waals surface area contributed by atoms with E-state index < -0.39 is 35.3 Å². The monoisotopic (exact) mass is 575 g/mol. The quantitative estimate of drug-likeness (QED) is 0.139. The van der Waals surface area contributed by atoms with Gasteiger partial charge in [0.05, 0.1) is 0 Å². The third kappa shape index (κ3) is 5.19. The van der Waals surface area contributed by atoms with Gasteiger partial charge >= 0.3 is 5.97 Å². The van der Waals surface area contributed by atoms with E-state index in [4.69, 9.17) is 10.6 Å². The molecule has 3 aliphatic heterocycles. The zero-order valence-electron chi connectivity index (χ0n) is 19.5. The van der Waals surface area contributed by atoms with Crippen molar-refractivity contribution >= 4 is 69.4 Å². The zero-order chi connectivity index (χ0) is 26.8. The SMILES string of the molecule is Nc1nc(C(=NO[C@H]2CCNC2=O)C(=O)N[C@@H]2C(=O)N3C(C(=O)O)=C(CSc4ccncc4)CS[C@@H]23)cs1. The summed E-state index contributed by atoms with van der Waals surface area (Å²) in [5, 5.41) is 20.1. The van der Waals surface area contributed by atoms with E-state index in [9.17, 15) is 24.3 Å². The minimum atomic E-state index is -1.21. The Labute approximate surface area is 228 Å². The van der Waals surface area contributed by atoms with E-state index in [1.54, 1.807) is 12.4 Å². The minimum absolute atomic E-state index is 0.0671. The van der Waals surface area contributed by atoms with Crippen molar-refractivity contribution in [1.82, 2.24) is 25.5 Å². The number of aliphatic carboxylic acids is 1. The molecule has 38 heavy (non-hydrogen) atoms. The number of nitrogens with zero attached hydrogens (tertiary/aromatic N) is 4. The molecule has 13 nitrogen and oxygen atoms in total. The van der Waals surface area contributed by atoms with E-state index in [2.05, 4.69) is 25.8 Å². The third-order valence-electron chi connectivity index (χ3n) is 5.85. The minimum Gasteiger partial charge on any atom is -0.477 e. The molecule has 5 N–H and O–H groups in total. The van der Waals surface area contributed by atoms with Crippen LogP contribution < -0.4 is 16.4 Å². The van der Waals surface area contributed by atoms with Gasteiger partial charge in [-0.1, -0.05) is 5.16 Å². The van der Waals surface area contributed by atoms with Crippen LogP contribution in [-0.4, -0.2) is 84.9 Å². The average molecular weight is 576 g/mol. The first kappa shape index (κ1) is 26.0. The van der Waals surface area contributed by atoms with Crippen molar-refractivity contribution in [2.24, 2.45) is 5.16 Å². The number of rotatable bonds is 9. The van der Waals surface area contributed by atoms with Gasteiger partial charge in [-0.25, -0.2) is 9.78 Å². The summed E-state index contributed by atoms with van der Waals surface area (Å²) in [6.07, 6.45) is 2.84. The number of amides is 3. The molecule has 2 aromatic rings. The molecule has 3 amide bonds. The number of β-lactam (4-membered cyclic amide) rings is 1. The molecule has 2 aromatic heterocycles. The smallest absolute Gasteiger partial charge is 0.352 e. The first-order valence-electron chi connectivity index (χ1n) is 11.3. The number of hydrogen-bond donors (Lipinski definition) is 4. The van der Waals surface area contributed by atoms with Crippen LogP contribution in [0.15, 0.2) is 51.2 Å². The second-order valence-corrected chi connectivity index (χ2v) is 11.3. The molecule has 198 valence electrons. The van der Waals surface area contributed by atoms with Crippen LogP contribution >= 0.6 is 34.9 Å². The van der Waals surface area contributed by atoms with E-state index in [-0.39, 0.29) is 28.1 Å². The van der Waals surface area contributed by atoms with Crippen LogP contribution in [0.3, 0.4) is 0 Å². The number of nitrogens with two attached hydrogens (primary N) is 1. The third-order valence-corrected chi connectivity index (χ3v) is 8.96. The van der Waals surface area contributed by atoms with E-state index >= 15 is 0 Å². The Balaban J connectivity index is 1.31. The van der Waals surface area contributed by atoms with E-state index in [1.807, 2.05) is 12.1 Å². The Morgan fingerprint density at radius 3 is 2.79 bits per heavy atom. The molecule has 0 bridgehead atoms. The summed E-state index contributed by atoms with van der Waals surface area (Å²) < 4.78 is 0. The lowest BCUT2D eigenvalue weighted by atomic mass is 10.0. The van der Waals surface area contributed by atoms with Crippen LogP contribution in [0.25, 0.3) is 0 Å². The molecule has 0 aliphatic carbocycles. The molecule has 0 spiro atoms. The summed E-state index contributed by atoms with van der Waals surface area (Å²) in [6, 6.07) is 2.66. The number of aromatic nitrogens is 2. The second kappa shape index (κ2) is 11.0. The number of nitrogens with one attached hydrogen (secondary N) is 2. The number of anilines is 1. The Morgan fingerprint density at radius 1 is 1.34 bits per heavy atom. The lowest BCUT2D eigenvalue weighted by Gasteiger charge is -2.49. The number of pyridine rings is 1. The number of hydrogen-bond acceptors (Lipinski definition) is 12. The summed E-state index contributed by atoms with van der Waals surface area (Å²) in [6.45, 7) is 0.429. The number of thioether (sulfide) groups is 2. The summed E-state index contributed by atoms with van der Waals surface area (Å²) in [5.41, 5.74) is 6.14. The van der Waals surface area contributed by atoms with Crippen molar-refractivity contribution < 1.29 is 29.1 Å². The Bertz CT molecular complexity index is 1350. The van der Waals surface area contributed by atoms with Gasteiger partial charge in [0, 0.05) is 47.1 Å². The van der Waals surface area contributed by atoms with Gasteiger partial charge in [0.25, 0.3) is 17.7 Å². The van der Waals surface area contributed by atoms with E-state index in [0.717, 1.165) is 16.2 Å². The molecule has 2 fully saturated rings. The van der Waals surface area contributed by atoms with Gasteiger partial charge in [-0.3, -0.25) is 24.3 Å². The van der Waals surface area contributed by atoms with Crippen LogP contribution in [0.2, 0.25) is 0 Å². The molecule has 3 atom stereocenters. The highest BCUT2D eigenvalue weighted by atomic mass is 32.2. The molecule has 0 aromatic carbocycles. The summed E-state index contributed by atoms with van der Waals surface area (Å²) in [5.74, 6) is -2.09. The summed E-state index contributed by atoms with van der Waals surface area (Å²) in [4.78, 5) is 65.7. The fourth-order valence-corrected chi connectivity index (χ4v) is 6.91. The number of oxime groups is 1. The molecule has 0 radical (unpaired) electrons. The van der Waals surface area contributed by atoms with Gasteiger partial charge in [-0.15, -0.1) is 34.9 Å². The van der Waals surface area contributed by atoms with E-state index in [1.165, 1.54) is 33.8 Å². The zero-order valence-corrected chi connectivity index (χ0v) is 22.0. The normalized spacial score (nSPS) is 23.0. The number of fused-ring (bicyclic) bond motifs is 1. The number of nitrogen functional groups attached to an aromatic ring is 1. The first-order chi connectivity index (χ1) is 18.3. The van der Waals surface area contributed by atoms with Crippen LogP contribution in [0.5, 0.6) is 0 Å². The fourth-order valence-electron chi connectivity index (χ4n) is 4.00. The van der Waals surface area contributed by atoms with Gasteiger partial charge < -0.3 is 26.3 Å². The van der Waals surface area contributed by atoms with Crippen LogP contribution in [-0.2, 0) is 24.0 Å². The van der Waals surface area contributed by atoms with Crippen molar-refractivity contribution in [3.05, 3.63) is 46.9 Å². The molecular weight excluding hydrogens is 554 g/mol. The van der Waals surface area contributed by atoms with Gasteiger partial charge in [0.15, 0.2) is 10.8 Å². The van der Waals surface area contributed by atoms with Crippen molar-refractivity contribution in [2.75, 3.05) is 23.8 Å². The molecular formula is C22H21N7O6S3. The van der Waals surface area contributed by atoms with Gasteiger partial charge in [-0.2, -0.15) is 0 Å². The number of carboxylic acid groups (broad SMARTS) is 1. The van der Waals surface area contributed by atoms with Crippen molar-refractivity contribution in [1.29, 1.82) is 0 Å². The Hall–Kier alpha value is -3.63. The maximum atomic E-state index is 13.2. The highest BCUT2D eigenvalue weighted by molar-refractivity contribution is 8.01. The first-order valence-corrected chi connectivity index (χ1v) is 14.2. The molecule has 2 saturated heterocycles. The molecule has 0 saturated carbocycles. The molecule has 3 aliphatic rings. The summed E-state index contributed by atoms with van der Waals surface area (Å²) in [7, 11) is 0. The standard InChI is InChI=1S/C22H21N7O6S3/c23-22-26-12(9-38-22)14(28-35-13-3-6-25-17(13)30)18(31)27-15-19(32)29-16(21(33)34)10(8-37-20(15)29)7-36-11-1-4-24-5-2-11/h1-2,4-5,9,13,15,20H,3,6-8H2,(H2,23,26)(H,25,30)(H,27,31)(H,33,34)/t13-,15+,20-/m0/s1. The maximum Gasteiger partial charge on any atom is 0.352 e. The van der Waals surface area contributed by atoms with Crippen LogP contribution in [0.1, 0.15) is 12.1 Å². The Kier molecular flexibility index (Phi) is 7.53. The van der Waals surface area contributed by atoms with Crippen molar-refractivity contribution in [3.63, 3.8) is 0 Å². The lowest BCUT2D eigenvalue weighted by Crippen LogP contribution is -2.71. The summed E-state index contributed by atoms with van der Waals surface area (Å²) >= 11 is 3.90. The van der Waals surface area contributed by atoms with Gasteiger partial charge in [0.1, 0.15) is 22.8 Å². The highest BCUT2D eigenvalue weighted by Crippen LogP contribution is 2.41. The second-order valence-electron chi connectivity index (χ2n) is 8.27. The van der Waals surface area contributed by atoms with E-state index in [0.29, 0.717) is 30.0 Å². The highest BCUT2D eigenvalue weighted by Gasteiger charge is 2.54. The number of carbonyl (C=O) groups is 4. The molecule has 0 unspecified atom stereocenters. The predicted molar refractivity (Wildman–Crippen MR) is 140 cm³/mol. The largest absolute Gasteiger partial charge is 0.477 e. The number of carbonyl (C=O) groups excluding carboxylic acids is 3. The van der Waals surface area contributed by atoms with Gasteiger partial charge in [0.2, 0.25) is 6.10 Å². The van der Waals surface area contributed by atoms with Crippen molar-refractivity contribution in [2.45, 2.75) is 28.8 Å². The van der Waals surface area contributed by atoms with Crippen LogP contribution in [0, 0.1) is 0 Å². The topological polar surface area (TPSA) is 189 Å². The molecule has 16 heteroatoms. The Morgan fingerprint density at radius 2 is 2.13 bits per heavy atom. The molecule has 5 heterocycles. The number of thiazole rings is 1. The number of carboxylic acids is 1. The average Bonchev–Trinajstić information content (AvgIpc) is 3.53.